The van der Waals surface area contributed by atoms with Gasteiger partial charge in [0.15, 0.2) is 0 Å². The molecule has 1 aliphatic heterocycles. The fourth-order valence-electron chi connectivity index (χ4n) is 10.3. The normalized spacial score (nSPS) is 51.3. The summed E-state index contributed by atoms with van der Waals surface area (Å²) in [6, 6.07) is 0. The number of hydrogen-bond acceptors (Lipinski definition) is 3. The number of rotatable bonds is 2. The zero-order chi connectivity index (χ0) is 24.9. The number of allylic oxidation sites excluding steroid dienone is 2. The van der Waals surface area contributed by atoms with Crippen LogP contribution in [0.2, 0.25) is 0 Å². The molecule has 1 heterocycles. The molecule has 0 amide bonds. The van der Waals surface area contributed by atoms with E-state index < -0.39 is 0 Å². The van der Waals surface area contributed by atoms with Crippen molar-refractivity contribution in [2.45, 2.75) is 131 Å². The Morgan fingerprint density at radius 3 is 2.26 bits per heavy atom. The molecule has 5 rings (SSSR count). The van der Waals surface area contributed by atoms with Crippen molar-refractivity contribution in [2.75, 3.05) is 0 Å². The Bertz CT molecular complexity index is 902. The second kappa shape index (κ2) is 7.59. The molecule has 192 valence electrons. The molecule has 4 aliphatic carbocycles. The molecule has 2 saturated carbocycles. The van der Waals surface area contributed by atoms with E-state index in [1.165, 1.54) is 38.5 Å². The van der Waals surface area contributed by atoms with Gasteiger partial charge in [-0.05, 0) is 111 Å². The molecule has 3 nitrogen and oxygen atoms in total. The Hall–Kier alpha value is -0.830. The summed E-state index contributed by atoms with van der Waals surface area (Å²) in [5.41, 5.74) is 3.99. The van der Waals surface area contributed by atoms with Gasteiger partial charge >= 0.3 is 5.97 Å². The summed E-state index contributed by atoms with van der Waals surface area (Å²) in [5.74, 6) is 1.60. The van der Waals surface area contributed by atoms with Crippen LogP contribution in [0.15, 0.2) is 11.1 Å². The van der Waals surface area contributed by atoms with Crippen molar-refractivity contribution in [2.24, 2.45) is 45.3 Å². The third kappa shape index (κ3) is 3.07. The third-order valence-corrected chi connectivity index (χ3v) is 13.2. The summed E-state index contributed by atoms with van der Waals surface area (Å²) in [7, 11) is 0. The van der Waals surface area contributed by atoms with E-state index in [0.717, 1.165) is 25.7 Å². The van der Waals surface area contributed by atoms with Gasteiger partial charge in [0, 0.05) is 0 Å². The van der Waals surface area contributed by atoms with Crippen molar-refractivity contribution in [3.63, 3.8) is 0 Å². The Kier molecular flexibility index (Phi) is 5.55. The highest BCUT2D eigenvalue weighted by atomic mass is 16.6. The molecular formula is C31H50O3. The van der Waals surface area contributed by atoms with E-state index in [1.54, 1.807) is 11.1 Å². The van der Waals surface area contributed by atoms with E-state index in [1.807, 2.05) is 6.92 Å². The van der Waals surface area contributed by atoms with Gasteiger partial charge in [-0.15, -0.1) is 0 Å². The lowest BCUT2D eigenvalue weighted by atomic mass is 9.43. The van der Waals surface area contributed by atoms with Crippen LogP contribution in [0.5, 0.6) is 0 Å². The van der Waals surface area contributed by atoms with Crippen LogP contribution in [0.25, 0.3) is 0 Å². The minimum absolute atomic E-state index is 0.00347. The van der Waals surface area contributed by atoms with Gasteiger partial charge < -0.3 is 9.84 Å². The molecule has 0 aromatic rings. The summed E-state index contributed by atoms with van der Waals surface area (Å²) >= 11 is 0. The van der Waals surface area contributed by atoms with Crippen LogP contribution < -0.4 is 0 Å². The Labute approximate surface area is 208 Å². The number of fused-ring (bicyclic) bond motifs is 4. The van der Waals surface area contributed by atoms with E-state index >= 15 is 0 Å². The maximum absolute atomic E-state index is 12.5. The number of carbonyl (C=O) groups excluding carboxylic acids is 1. The van der Waals surface area contributed by atoms with Gasteiger partial charge in [-0.2, -0.15) is 0 Å². The second-order valence-corrected chi connectivity index (χ2v) is 14.7. The number of aliphatic hydroxyl groups is 1. The fourth-order valence-corrected chi connectivity index (χ4v) is 10.3. The largest absolute Gasteiger partial charge is 0.459 e. The van der Waals surface area contributed by atoms with Crippen molar-refractivity contribution in [3.8, 4) is 0 Å². The quantitative estimate of drug-likeness (QED) is 0.336. The molecular weight excluding hydrogens is 420 g/mol. The van der Waals surface area contributed by atoms with Crippen LogP contribution in [0.3, 0.4) is 0 Å². The monoisotopic (exact) mass is 470 g/mol. The second-order valence-electron chi connectivity index (χ2n) is 14.7. The van der Waals surface area contributed by atoms with Crippen molar-refractivity contribution in [1.82, 2.24) is 0 Å². The SMILES string of the molecule is CC1CCC(C)(C(C)C2CCC3(C)C4=C(CCC23C)C2(C)CCC(O)C(C)(C)C2CC4)OC1=O. The highest BCUT2D eigenvalue weighted by Gasteiger charge is 2.64. The van der Waals surface area contributed by atoms with Crippen LogP contribution in [-0.4, -0.2) is 22.8 Å². The summed E-state index contributed by atoms with van der Waals surface area (Å²) in [4.78, 5) is 12.5. The molecule has 3 fully saturated rings. The maximum atomic E-state index is 12.5. The van der Waals surface area contributed by atoms with Gasteiger partial charge in [0.1, 0.15) is 5.60 Å². The predicted octanol–water partition coefficient (Wildman–Crippen LogP) is 7.46. The first-order valence-corrected chi connectivity index (χ1v) is 14.3. The molecule has 9 atom stereocenters. The minimum Gasteiger partial charge on any atom is -0.459 e. The minimum atomic E-state index is -0.329. The molecule has 3 heteroatoms. The third-order valence-electron chi connectivity index (χ3n) is 13.2. The van der Waals surface area contributed by atoms with E-state index in [4.69, 9.17) is 4.74 Å². The lowest BCUT2D eigenvalue weighted by Gasteiger charge is -2.62. The Balaban J connectivity index is 1.49. The maximum Gasteiger partial charge on any atom is 0.309 e. The molecule has 1 N–H and O–H groups in total. The zero-order valence-electron chi connectivity index (χ0n) is 23.2. The molecule has 5 aliphatic rings. The van der Waals surface area contributed by atoms with Crippen molar-refractivity contribution < 1.29 is 14.6 Å². The first kappa shape index (κ1) is 24.8. The van der Waals surface area contributed by atoms with Crippen molar-refractivity contribution in [3.05, 3.63) is 11.1 Å². The Morgan fingerprint density at radius 2 is 1.59 bits per heavy atom. The predicted molar refractivity (Wildman–Crippen MR) is 137 cm³/mol. The highest BCUT2D eigenvalue weighted by Crippen LogP contribution is 2.73. The van der Waals surface area contributed by atoms with Crippen LogP contribution in [0.4, 0.5) is 0 Å². The van der Waals surface area contributed by atoms with Crippen molar-refractivity contribution >= 4 is 5.97 Å². The number of aliphatic hydroxyl groups excluding tert-OH is 1. The fraction of sp³-hybridized carbons (Fsp3) is 0.903. The summed E-state index contributed by atoms with van der Waals surface area (Å²) in [5, 5.41) is 10.9. The number of ether oxygens (including phenoxy) is 1. The first-order chi connectivity index (χ1) is 15.7. The Morgan fingerprint density at radius 1 is 0.882 bits per heavy atom. The van der Waals surface area contributed by atoms with Gasteiger partial charge in [-0.25, -0.2) is 0 Å². The lowest BCUT2D eigenvalue weighted by Crippen LogP contribution is -2.56. The number of cyclic esters (lactones) is 1. The van der Waals surface area contributed by atoms with Crippen LogP contribution in [0.1, 0.15) is 120 Å². The van der Waals surface area contributed by atoms with E-state index in [0.29, 0.717) is 17.8 Å². The first-order valence-electron chi connectivity index (χ1n) is 14.3. The van der Waals surface area contributed by atoms with Crippen molar-refractivity contribution in [1.29, 1.82) is 0 Å². The molecule has 0 aromatic carbocycles. The molecule has 0 radical (unpaired) electrons. The van der Waals surface area contributed by atoms with Gasteiger partial charge in [-0.1, -0.05) is 59.6 Å². The summed E-state index contributed by atoms with van der Waals surface area (Å²) < 4.78 is 6.17. The van der Waals surface area contributed by atoms with E-state index in [9.17, 15) is 9.90 Å². The van der Waals surface area contributed by atoms with Gasteiger partial charge in [0.2, 0.25) is 0 Å². The molecule has 9 unspecified atom stereocenters. The van der Waals surface area contributed by atoms with Gasteiger partial charge in [-0.3, -0.25) is 4.79 Å². The molecule has 0 spiro atoms. The summed E-state index contributed by atoms with van der Waals surface area (Å²) in [6.45, 7) is 19.0. The molecule has 0 aromatic heterocycles. The molecule has 0 bridgehead atoms. The average molecular weight is 471 g/mol. The van der Waals surface area contributed by atoms with Crippen LogP contribution in [0, 0.1) is 45.3 Å². The van der Waals surface area contributed by atoms with Crippen LogP contribution in [-0.2, 0) is 9.53 Å². The van der Waals surface area contributed by atoms with Gasteiger partial charge in [0.25, 0.3) is 0 Å². The molecule has 34 heavy (non-hydrogen) atoms. The van der Waals surface area contributed by atoms with E-state index in [2.05, 4.69) is 48.5 Å². The topological polar surface area (TPSA) is 46.5 Å². The highest BCUT2D eigenvalue weighted by molar-refractivity contribution is 5.73. The summed E-state index contributed by atoms with van der Waals surface area (Å²) in [6.07, 6.45) is 11.3. The average Bonchev–Trinajstić information content (AvgIpc) is 3.05. The number of hydrogen-bond donors (Lipinski definition) is 1. The number of esters is 1. The lowest BCUT2D eigenvalue weighted by molar-refractivity contribution is -0.184. The standard InChI is InChI=1S/C31H50O3/c1-19-11-18-31(8,34-26(19)33)20(2)21-12-16-30(7)23-9-10-24-27(3,4)25(32)14-15-28(24,5)22(23)13-17-29(21,30)6/h19-21,24-25,32H,9-18H2,1-8H3. The van der Waals surface area contributed by atoms with Gasteiger partial charge in [0.05, 0.1) is 12.0 Å². The van der Waals surface area contributed by atoms with E-state index in [-0.39, 0.29) is 45.3 Å². The number of carbonyl (C=O) groups is 1. The van der Waals surface area contributed by atoms with Crippen LogP contribution >= 0.6 is 0 Å². The smallest absolute Gasteiger partial charge is 0.309 e. The molecule has 1 saturated heterocycles. The zero-order valence-corrected chi connectivity index (χ0v) is 23.2.